The smallest absolute Gasteiger partial charge is 0.264 e. The van der Waals surface area contributed by atoms with Crippen LogP contribution in [0.2, 0.25) is 0 Å². The first-order valence-corrected chi connectivity index (χ1v) is 6.27. The molecule has 0 aromatic carbocycles. The lowest BCUT2D eigenvalue weighted by atomic mass is 9.87. The summed E-state index contributed by atoms with van der Waals surface area (Å²) < 4.78 is 0. The first-order valence-electron chi connectivity index (χ1n) is 6.27. The molecule has 0 spiro atoms. The molecule has 0 aliphatic heterocycles. The van der Waals surface area contributed by atoms with Gasteiger partial charge in [-0.1, -0.05) is 19.3 Å². The van der Waals surface area contributed by atoms with Crippen LogP contribution in [0.5, 0.6) is 0 Å². The van der Waals surface area contributed by atoms with Crippen molar-refractivity contribution in [3.63, 3.8) is 0 Å². The number of hydrogen-bond donors (Lipinski definition) is 3. The Hall–Kier alpha value is -1.52. The summed E-state index contributed by atoms with van der Waals surface area (Å²) in [5.41, 5.74) is 0.550. The van der Waals surface area contributed by atoms with Gasteiger partial charge in [0.05, 0.1) is 12.2 Å². The van der Waals surface area contributed by atoms with E-state index in [1.807, 2.05) is 0 Å². The molecule has 0 unspecified atom stereocenters. The number of aromatic amines is 2. The minimum Gasteiger partial charge on any atom is -0.350 e. The summed E-state index contributed by atoms with van der Waals surface area (Å²) in [6, 6.07) is 1.46. The van der Waals surface area contributed by atoms with Crippen LogP contribution in [0.3, 0.4) is 0 Å². The quantitative estimate of drug-likeness (QED) is 0.738. The van der Waals surface area contributed by atoms with Crippen LogP contribution in [0, 0.1) is 5.92 Å². The molecule has 0 atom stereocenters. The molecule has 2 rings (SSSR count). The summed E-state index contributed by atoms with van der Waals surface area (Å²) in [6.07, 6.45) is 6.78. The van der Waals surface area contributed by atoms with Crippen molar-refractivity contribution < 1.29 is 4.79 Å². The van der Waals surface area contributed by atoms with Gasteiger partial charge in [0.2, 0.25) is 5.91 Å². The average molecular weight is 237 g/mol. The van der Waals surface area contributed by atoms with Crippen molar-refractivity contribution in [3.05, 3.63) is 22.1 Å². The Kier molecular flexibility index (Phi) is 4.01. The van der Waals surface area contributed by atoms with E-state index in [9.17, 15) is 9.59 Å². The Morgan fingerprint density at radius 1 is 1.29 bits per heavy atom. The van der Waals surface area contributed by atoms with E-state index in [1.54, 1.807) is 0 Å². The third-order valence-corrected chi connectivity index (χ3v) is 3.33. The lowest BCUT2D eigenvalue weighted by molar-refractivity contribution is -0.122. The largest absolute Gasteiger partial charge is 0.350 e. The van der Waals surface area contributed by atoms with Gasteiger partial charge in [-0.25, -0.2) is 0 Å². The van der Waals surface area contributed by atoms with Gasteiger partial charge in [-0.05, 0) is 18.8 Å². The van der Waals surface area contributed by atoms with E-state index >= 15 is 0 Å². The van der Waals surface area contributed by atoms with Crippen LogP contribution in [0.25, 0.3) is 0 Å². The molecule has 5 heteroatoms. The number of aromatic nitrogens is 2. The number of hydrogen-bond acceptors (Lipinski definition) is 2. The molecule has 0 saturated heterocycles. The van der Waals surface area contributed by atoms with Crippen molar-refractivity contribution in [2.45, 2.75) is 45.1 Å². The fourth-order valence-corrected chi connectivity index (χ4v) is 2.39. The maximum Gasteiger partial charge on any atom is 0.264 e. The highest BCUT2D eigenvalue weighted by molar-refractivity contribution is 5.76. The van der Waals surface area contributed by atoms with Gasteiger partial charge in [-0.15, -0.1) is 0 Å². The van der Waals surface area contributed by atoms with Gasteiger partial charge in [-0.2, -0.15) is 0 Å². The third-order valence-electron chi connectivity index (χ3n) is 3.33. The topological polar surface area (TPSA) is 77.8 Å². The van der Waals surface area contributed by atoms with Crippen LogP contribution in [0.1, 0.15) is 44.2 Å². The number of amides is 1. The zero-order valence-corrected chi connectivity index (χ0v) is 9.92. The van der Waals surface area contributed by atoms with Gasteiger partial charge in [-0.3, -0.25) is 14.7 Å². The molecule has 1 aromatic rings. The third kappa shape index (κ3) is 3.76. The summed E-state index contributed by atoms with van der Waals surface area (Å²) in [4.78, 5) is 22.5. The second kappa shape index (κ2) is 5.70. The molecule has 1 saturated carbocycles. The molecule has 0 radical (unpaired) electrons. The maximum atomic E-state index is 11.7. The number of rotatable bonds is 4. The second-order valence-electron chi connectivity index (χ2n) is 4.77. The van der Waals surface area contributed by atoms with Gasteiger partial charge in [0.15, 0.2) is 0 Å². The van der Waals surface area contributed by atoms with Gasteiger partial charge in [0, 0.05) is 12.5 Å². The molecule has 5 nitrogen and oxygen atoms in total. The van der Waals surface area contributed by atoms with Gasteiger partial charge >= 0.3 is 0 Å². The minimum absolute atomic E-state index is 0.0824. The van der Waals surface area contributed by atoms with Crippen LogP contribution in [-0.2, 0) is 11.3 Å². The van der Waals surface area contributed by atoms with E-state index < -0.39 is 0 Å². The monoisotopic (exact) mass is 237 g/mol. The van der Waals surface area contributed by atoms with Gasteiger partial charge in [0.1, 0.15) is 0 Å². The molecule has 1 fully saturated rings. The molecule has 1 amide bonds. The number of carbonyl (C=O) groups is 1. The maximum absolute atomic E-state index is 11.7. The van der Waals surface area contributed by atoms with Crippen LogP contribution in [0.15, 0.2) is 10.9 Å². The molecule has 1 aromatic heterocycles. The standard InChI is InChI=1S/C12H19N3O2/c16-11(6-9-4-2-1-3-5-9)13-8-10-7-12(17)15-14-10/h7,9H,1-6,8H2,(H,13,16)(H2,14,15,17). The molecule has 0 bridgehead atoms. The predicted octanol–water partition coefficient (Wildman–Crippen LogP) is 1.29. The SMILES string of the molecule is O=C(CC1CCCCC1)NCc1cc(=O)[nH][nH]1. The highest BCUT2D eigenvalue weighted by atomic mass is 16.1. The molecule has 17 heavy (non-hydrogen) atoms. The second-order valence-corrected chi connectivity index (χ2v) is 4.77. The van der Waals surface area contributed by atoms with Crippen molar-refractivity contribution in [1.82, 2.24) is 15.5 Å². The zero-order chi connectivity index (χ0) is 12.1. The Balaban J connectivity index is 1.71. The van der Waals surface area contributed by atoms with Crippen LogP contribution >= 0.6 is 0 Å². The van der Waals surface area contributed by atoms with Gasteiger partial charge in [0.25, 0.3) is 5.56 Å². The van der Waals surface area contributed by atoms with Gasteiger partial charge < -0.3 is 10.4 Å². The van der Waals surface area contributed by atoms with Crippen molar-refractivity contribution >= 4 is 5.91 Å². The molecule has 1 heterocycles. The minimum atomic E-state index is -0.165. The number of nitrogens with one attached hydrogen (secondary N) is 3. The summed E-state index contributed by atoms with van der Waals surface area (Å²) in [7, 11) is 0. The van der Waals surface area contributed by atoms with E-state index in [2.05, 4.69) is 15.5 Å². The normalized spacial score (nSPS) is 16.9. The first kappa shape index (κ1) is 12.0. The molecule has 94 valence electrons. The fourth-order valence-electron chi connectivity index (χ4n) is 2.39. The van der Waals surface area contributed by atoms with E-state index in [4.69, 9.17) is 0 Å². The van der Waals surface area contributed by atoms with Crippen molar-refractivity contribution in [2.24, 2.45) is 5.92 Å². The van der Waals surface area contributed by atoms with Crippen molar-refractivity contribution in [1.29, 1.82) is 0 Å². The van der Waals surface area contributed by atoms with E-state index in [-0.39, 0.29) is 11.5 Å². The molecular weight excluding hydrogens is 218 g/mol. The lowest BCUT2D eigenvalue weighted by Gasteiger charge is -2.20. The summed E-state index contributed by atoms with van der Waals surface area (Å²) in [5, 5.41) is 7.98. The Morgan fingerprint density at radius 2 is 2.06 bits per heavy atom. The van der Waals surface area contributed by atoms with E-state index in [1.165, 1.54) is 38.2 Å². The van der Waals surface area contributed by atoms with Crippen LogP contribution in [-0.4, -0.2) is 16.1 Å². The molecular formula is C12H19N3O2. The summed E-state index contributed by atoms with van der Waals surface area (Å²) in [6.45, 7) is 0.393. The average Bonchev–Trinajstić information content (AvgIpc) is 2.74. The van der Waals surface area contributed by atoms with Crippen molar-refractivity contribution in [3.8, 4) is 0 Å². The molecule has 3 N–H and O–H groups in total. The Bertz CT molecular complexity index is 415. The van der Waals surface area contributed by atoms with Crippen LogP contribution in [0.4, 0.5) is 0 Å². The number of carbonyl (C=O) groups excluding carboxylic acids is 1. The highest BCUT2D eigenvalue weighted by Crippen LogP contribution is 2.25. The van der Waals surface area contributed by atoms with Crippen molar-refractivity contribution in [2.75, 3.05) is 0 Å². The highest BCUT2D eigenvalue weighted by Gasteiger charge is 2.16. The van der Waals surface area contributed by atoms with E-state index in [0.717, 1.165) is 0 Å². The number of H-pyrrole nitrogens is 2. The summed E-state index contributed by atoms with van der Waals surface area (Å²) in [5.74, 6) is 0.632. The molecule has 1 aliphatic rings. The van der Waals surface area contributed by atoms with E-state index in [0.29, 0.717) is 24.6 Å². The fraction of sp³-hybridized carbons (Fsp3) is 0.667. The zero-order valence-electron chi connectivity index (χ0n) is 9.92. The summed E-state index contributed by atoms with van der Waals surface area (Å²) >= 11 is 0. The first-order chi connectivity index (χ1) is 8.24. The lowest BCUT2D eigenvalue weighted by Crippen LogP contribution is -2.26. The predicted molar refractivity (Wildman–Crippen MR) is 64.5 cm³/mol. The van der Waals surface area contributed by atoms with Crippen LogP contribution < -0.4 is 10.9 Å². The Morgan fingerprint density at radius 3 is 2.71 bits per heavy atom. The Labute approximate surface area is 100.0 Å². The molecule has 1 aliphatic carbocycles.